The van der Waals surface area contributed by atoms with Gasteiger partial charge in [-0.3, -0.25) is 4.90 Å². The summed E-state index contributed by atoms with van der Waals surface area (Å²) in [5, 5.41) is 5.78. The number of benzene rings is 1. The van der Waals surface area contributed by atoms with E-state index in [1.54, 1.807) is 18.7 Å². The molecule has 0 bridgehead atoms. The van der Waals surface area contributed by atoms with E-state index < -0.39 is 6.04 Å². The van der Waals surface area contributed by atoms with E-state index in [9.17, 15) is 9.59 Å². The van der Waals surface area contributed by atoms with Gasteiger partial charge in [-0.05, 0) is 56.8 Å². The van der Waals surface area contributed by atoms with E-state index in [1.807, 2.05) is 30.5 Å². The number of amides is 2. The first-order valence-corrected chi connectivity index (χ1v) is 11.2. The van der Waals surface area contributed by atoms with E-state index in [0.29, 0.717) is 24.4 Å². The summed E-state index contributed by atoms with van der Waals surface area (Å²) in [7, 11) is 0. The molecule has 0 aromatic heterocycles. The predicted molar refractivity (Wildman–Crippen MR) is 111 cm³/mol. The topological polar surface area (TPSA) is 70.7 Å². The summed E-state index contributed by atoms with van der Waals surface area (Å²) >= 11 is 1.66. The van der Waals surface area contributed by atoms with Crippen LogP contribution in [0, 0.1) is 0 Å². The number of hydrogen-bond acceptors (Lipinski definition) is 5. The standard InChI is InChI=1S/C21H29N3O3S/c1-3-27-20(25)18-17(14-24-12-6-4-5-7-13-24)22-21(26)23-19(18)15-8-10-16(28-2)11-9-15/h8-11,19H,3-7,12-14H2,1-2H3,(H2,22,23,26)/t19-/m0/s1. The highest BCUT2D eigenvalue weighted by Gasteiger charge is 2.34. The second-order valence-corrected chi connectivity index (χ2v) is 7.99. The number of hydrogen-bond donors (Lipinski definition) is 2. The highest BCUT2D eigenvalue weighted by molar-refractivity contribution is 7.98. The fraction of sp³-hybridized carbons (Fsp3) is 0.524. The number of carbonyl (C=O) groups excluding carboxylic acids is 2. The smallest absolute Gasteiger partial charge is 0.338 e. The quantitative estimate of drug-likeness (QED) is 0.562. The summed E-state index contributed by atoms with van der Waals surface area (Å²) in [4.78, 5) is 28.7. The van der Waals surface area contributed by atoms with Crippen LogP contribution in [-0.2, 0) is 9.53 Å². The van der Waals surface area contributed by atoms with Crippen LogP contribution >= 0.6 is 11.8 Å². The molecule has 0 aliphatic carbocycles. The first kappa shape index (κ1) is 20.7. The summed E-state index contributed by atoms with van der Waals surface area (Å²) in [5.74, 6) is -0.376. The normalized spacial score (nSPS) is 20.9. The van der Waals surface area contributed by atoms with Crippen LogP contribution in [0.4, 0.5) is 4.79 Å². The zero-order valence-corrected chi connectivity index (χ0v) is 17.4. The molecular formula is C21H29N3O3S. The van der Waals surface area contributed by atoms with Crippen LogP contribution in [0.3, 0.4) is 0 Å². The number of urea groups is 1. The Balaban J connectivity index is 1.95. The molecule has 2 amide bonds. The van der Waals surface area contributed by atoms with Crippen molar-refractivity contribution in [2.75, 3.05) is 32.5 Å². The number of likely N-dealkylation sites (tertiary alicyclic amines) is 1. The van der Waals surface area contributed by atoms with Gasteiger partial charge in [0.2, 0.25) is 0 Å². The van der Waals surface area contributed by atoms with Crippen molar-refractivity contribution < 1.29 is 14.3 Å². The van der Waals surface area contributed by atoms with Crippen molar-refractivity contribution in [3.8, 4) is 0 Å². The van der Waals surface area contributed by atoms with Crippen molar-refractivity contribution >= 4 is 23.8 Å². The monoisotopic (exact) mass is 403 g/mol. The lowest BCUT2D eigenvalue weighted by Crippen LogP contribution is -2.48. The maximum Gasteiger partial charge on any atom is 0.338 e. The van der Waals surface area contributed by atoms with Crippen LogP contribution in [0.15, 0.2) is 40.4 Å². The summed E-state index contributed by atoms with van der Waals surface area (Å²) in [6, 6.07) is 7.15. The fourth-order valence-corrected chi connectivity index (χ4v) is 4.17. The Kier molecular flexibility index (Phi) is 7.39. The number of rotatable bonds is 6. The molecule has 1 aromatic rings. The number of carbonyl (C=O) groups is 2. The molecular weight excluding hydrogens is 374 g/mol. The van der Waals surface area contributed by atoms with Gasteiger partial charge in [-0.2, -0.15) is 0 Å². The molecule has 0 saturated carbocycles. The molecule has 1 fully saturated rings. The number of nitrogens with zero attached hydrogens (tertiary/aromatic N) is 1. The number of esters is 1. The largest absolute Gasteiger partial charge is 0.463 e. The van der Waals surface area contributed by atoms with Crippen molar-refractivity contribution in [1.82, 2.24) is 15.5 Å². The second kappa shape index (κ2) is 9.98. The average Bonchev–Trinajstić information content (AvgIpc) is 2.96. The zero-order chi connectivity index (χ0) is 19.9. The van der Waals surface area contributed by atoms with Gasteiger partial charge in [0.15, 0.2) is 0 Å². The van der Waals surface area contributed by atoms with Crippen molar-refractivity contribution in [1.29, 1.82) is 0 Å². The van der Waals surface area contributed by atoms with Gasteiger partial charge in [0.05, 0.1) is 18.2 Å². The second-order valence-electron chi connectivity index (χ2n) is 7.11. The van der Waals surface area contributed by atoms with Crippen molar-refractivity contribution in [2.45, 2.75) is 43.5 Å². The van der Waals surface area contributed by atoms with E-state index in [1.165, 1.54) is 12.8 Å². The van der Waals surface area contributed by atoms with Gasteiger partial charge in [0.1, 0.15) is 0 Å². The molecule has 0 radical (unpaired) electrons. The third kappa shape index (κ3) is 5.08. The summed E-state index contributed by atoms with van der Waals surface area (Å²) in [5.41, 5.74) is 2.04. The summed E-state index contributed by atoms with van der Waals surface area (Å²) in [6.45, 7) is 4.61. The van der Waals surface area contributed by atoms with Crippen molar-refractivity contribution in [3.63, 3.8) is 0 Å². The lowest BCUT2D eigenvalue weighted by molar-refractivity contribution is -0.139. The number of ether oxygens (including phenoxy) is 1. The Morgan fingerprint density at radius 1 is 1.18 bits per heavy atom. The van der Waals surface area contributed by atoms with Gasteiger partial charge in [-0.25, -0.2) is 9.59 Å². The molecule has 1 aromatic carbocycles. The predicted octanol–water partition coefficient (Wildman–Crippen LogP) is 3.46. The van der Waals surface area contributed by atoms with Crippen molar-refractivity contribution in [2.24, 2.45) is 0 Å². The van der Waals surface area contributed by atoms with E-state index >= 15 is 0 Å². The lowest BCUT2D eigenvalue weighted by Gasteiger charge is -2.32. The third-order valence-corrected chi connectivity index (χ3v) is 5.92. The Morgan fingerprint density at radius 3 is 2.46 bits per heavy atom. The van der Waals surface area contributed by atoms with Gasteiger partial charge in [0, 0.05) is 17.1 Å². The van der Waals surface area contributed by atoms with Crippen LogP contribution in [0.5, 0.6) is 0 Å². The van der Waals surface area contributed by atoms with E-state index in [2.05, 4.69) is 15.5 Å². The van der Waals surface area contributed by atoms with Crippen LogP contribution in [-0.4, -0.2) is 49.4 Å². The highest BCUT2D eigenvalue weighted by Crippen LogP contribution is 2.29. The van der Waals surface area contributed by atoms with Gasteiger partial charge >= 0.3 is 12.0 Å². The number of nitrogens with one attached hydrogen (secondary N) is 2. The third-order valence-electron chi connectivity index (χ3n) is 5.18. The summed E-state index contributed by atoms with van der Waals surface area (Å²) < 4.78 is 5.35. The molecule has 2 heterocycles. The maximum absolute atomic E-state index is 12.8. The highest BCUT2D eigenvalue weighted by atomic mass is 32.2. The van der Waals surface area contributed by atoms with E-state index in [-0.39, 0.29) is 12.0 Å². The molecule has 0 spiro atoms. The van der Waals surface area contributed by atoms with Crippen molar-refractivity contribution in [3.05, 3.63) is 41.1 Å². The van der Waals surface area contributed by atoms with Crippen LogP contribution < -0.4 is 10.6 Å². The Labute approximate surface area is 171 Å². The molecule has 1 saturated heterocycles. The van der Waals surface area contributed by atoms with E-state index in [0.717, 1.165) is 36.4 Å². The fourth-order valence-electron chi connectivity index (χ4n) is 3.76. The maximum atomic E-state index is 12.8. The molecule has 2 N–H and O–H groups in total. The Bertz CT molecular complexity index is 725. The molecule has 3 rings (SSSR count). The zero-order valence-electron chi connectivity index (χ0n) is 16.6. The lowest BCUT2D eigenvalue weighted by atomic mass is 9.95. The molecule has 2 aliphatic heterocycles. The van der Waals surface area contributed by atoms with Gasteiger partial charge in [-0.1, -0.05) is 25.0 Å². The van der Waals surface area contributed by atoms with Crippen LogP contribution in [0.25, 0.3) is 0 Å². The molecule has 0 unspecified atom stereocenters. The molecule has 7 heteroatoms. The number of thioether (sulfide) groups is 1. The molecule has 1 atom stereocenters. The molecule has 6 nitrogen and oxygen atoms in total. The molecule has 28 heavy (non-hydrogen) atoms. The SMILES string of the molecule is CCOC(=O)C1=C(CN2CCCCCC2)NC(=O)N[C@H]1c1ccc(SC)cc1. The van der Waals surface area contributed by atoms with Gasteiger partial charge in [-0.15, -0.1) is 11.8 Å². The molecule has 152 valence electrons. The van der Waals surface area contributed by atoms with Crippen LogP contribution in [0.1, 0.15) is 44.2 Å². The Morgan fingerprint density at radius 2 is 1.86 bits per heavy atom. The van der Waals surface area contributed by atoms with Crippen LogP contribution in [0.2, 0.25) is 0 Å². The van der Waals surface area contributed by atoms with Gasteiger partial charge in [0.25, 0.3) is 0 Å². The summed E-state index contributed by atoms with van der Waals surface area (Å²) in [6.07, 6.45) is 6.78. The molecule has 2 aliphatic rings. The average molecular weight is 404 g/mol. The first-order chi connectivity index (χ1) is 13.6. The first-order valence-electron chi connectivity index (χ1n) is 9.96. The minimum Gasteiger partial charge on any atom is -0.463 e. The minimum atomic E-state index is -0.509. The minimum absolute atomic E-state index is 0.281. The van der Waals surface area contributed by atoms with Gasteiger partial charge < -0.3 is 15.4 Å². The Hall–Kier alpha value is -1.99. The van der Waals surface area contributed by atoms with E-state index in [4.69, 9.17) is 4.74 Å².